The number of nitrogens with zero attached hydrogens (tertiary/aromatic N) is 1. The number of benzene rings is 1. The molecule has 2 unspecified atom stereocenters. The van der Waals surface area contributed by atoms with Gasteiger partial charge in [-0.25, -0.2) is 0 Å². The summed E-state index contributed by atoms with van der Waals surface area (Å²) in [5.74, 6) is 1.60. The molecule has 0 aliphatic carbocycles. The maximum absolute atomic E-state index is 6.36. The molecule has 1 saturated heterocycles. The van der Waals surface area contributed by atoms with Crippen molar-refractivity contribution >= 4 is 0 Å². The van der Waals surface area contributed by atoms with Crippen LogP contribution >= 0.6 is 0 Å². The van der Waals surface area contributed by atoms with E-state index in [1.807, 2.05) is 18.2 Å². The minimum Gasteiger partial charge on any atom is -0.454 e. The van der Waals surface area contributed by atoms with Gasteiger partial charge in [0.2, 0.25) is 6.79 Å². The van der Waals surface area contributed by atoms with Crippen LogP contribution in [0.2, 0.25) is 0 Å². The predicted octanol–water partition coefficient (Wildman–Crippen LogP) is 1.53. The zero-order valence-corrected chi connectivity index (χ0v) is 11.9. The second kappa shape index (κ2) is 5.99. The number of rotatable bonds is 4. The molecule has 0 bridgehead atoms. The minimum atomic E-state index is -0.0170. The van der Waals surface area contributed by atoms with Gasteiger partial charge < -0.3 is 19.9 Å². The lowest BCUT2D eigenvalue weighted by molar-refractivity contribution is -0.0110. The number of fused-ring (bicyclic) bond motifs is 1. The molecule has 2 aliphatic heterocycles. The van der Waals surface area contributed by atoms with Crippen LogP contribution in [-0.4, -0.2) is 44.0 Å². The molecular formula is C15H22N2O3. The van der Waals surface area contributed by atoms with Crippen LogP contribution in [0.4, 0.5) is 0 Å². The van der Waals surface area contributed by atoms with Crippen molar-refractivity contribution in [2.45, 2.75) is 25.4 Å². The summed E-state index contributed by atoms with van der Waals surface area (Å²) in [4.78, 5) is 2.43. The molecule has 2 heterocycles. The van der Waals surface area contributed by atoms with Gasteiger partial charge in [0.05, 0.1) is 13.2 Å². The summed E-state index contributed by atoms with van der Waals surface area (Å²) in [5.41, 5.74) is 7.45. The number of hydrogen-bond acceptors (Lipinski definition) is 5. The Kier molecular flexibility index (Phi) is 4.10. The maximum atomic E-state index is 6.36. The molecule has 110 valence electrons. The Bertz CT molecular complexity index is 466. The molecule has 0 radical (unpaired) electrons. The summed E-state index contributed by atoms with van der Waals surface area (Å²) in [5, 5.41) is 0. The Hall–Kier alpha value is -1.30. The lowest BCUT2D eigenvalue weighted by atomic mass is 10.0. The third-order valence-corrected chi connectivity index (χ3v) is 4.08. The fourth-order valence-corrected chi connectivity index (χ4v) is 2.81. The quantitative estimate of drug-likeness (QED) is 0.905. The molecule has 5 heteroatoms. The highest BCUT2D eigenvalue weighted by atomic mass is 16.7. The molecule has 0 saturated carbocycles. The van der Waals surface area contributed by atoms with Crippen molar-refractivity contribution in [3.05, 3.63) is 23.8 Å². The largest absolute Gasteiger partial charge is 0.454 e. The van der Waals surface area contributed by atoms with Crippen molar-refractivity contribution in [2.24, 2.45) is 5.73 Å². The van der Waals surface area contributed by atoms with Gasteiger partial charge in [0.15, 0.2) is 11.5 Å². The third-order valence-electron chi connectivity index (χ3n) is 4.08. The molecular weight excluding hydrogens is 256 g/mol. The molecule has 20 heavy (non-hydrogen) atoms. The van der Waals surface area contributed by atoms with Crippen molar-refractivity contribution in [1.82, 2.24) is 4.90 Å². The first-order chi connectivity index (χ1) is 9.78. The van der Waals surface area contributed by atoms with Gasteiger partial charge in [-0.3, -0.25) is 4.90 Å². The van der Waals surface area contributed by atoms with E-state index in [4.69, 9.17) is 19.9 Å². The first kappa shape index (κ1) is 13.7. The predicted molar refractivity (Wildman–Crippen MR) is 76.0 cm³/mol. The van der Waals surface area contributed by atoms with Gasteiger partial charge in [-0.1, -0.05) is 13.0 Å². The molecule has 2 aliphatic rings. The summed E-state index contributed by atoms with van der Waals surface area (Å²) in [6.07, 6.45) is 1.09. The normalized spacial score (nSPS) is 23.8. The number of morpholine rings is 1. The molecule has 1 fully saturated rings. The average Bonchev–Trinajstić information content (AvgIpc) is 2.95. The van der Waals surface area contributed by atoms with E-state index in [1.165, 1.54) is 0 Å². The highest BCUT2D eigenvalue weighted by Gasteiger charge is 2.24. The Morgan fingerprint density at radius 2 is 2.20 bits per heavy atom. The summed E-state index contributed by atoms with van der Waals surface area (Å²) in [7, 11) is 0. The molecule has 2 atom stereocenters. The van der Waals surface area contributed by atoms with Crippen molar-refractivity contribution in [1.29, 1.82) is 0 Å². The van der Waals surface area contributed by atoms with E-state index in [-0.39, 0.29) is 6.04 Å². The molecule has 5 nitrogen and oxygen atoms in total. The number of nitrogens with two attached hydrogens (primary N) is 1. The smallest absolute Gasteiger partial charge is 0.231 e. The highest BCUT2D eigenvalue weighted by molar-refractivity contribution is 5.45. The molecule has 0 amide bonds. The molecule has 3 rings (SSSR count). The standard InChI is InChI=1S/C15H22N2O3/c1-2-12-9-18-6-5-17(12)8-13(16)11-3-4-14-15(7-11)20-10-19-14/h3-4,7,12-13H,2,5-6,8-10,16H2,1H3. The van der Waals surface area contributed by atoms with E-state index in [0.29, 0.717) is 12.8 Å². The van der Waals surface area contributed by atoms with E-state index in [2.05, 4.69) is 11.8 Å². The van der Waals surface area contributed by atoms with Crippen LogP contribution in [0.3, 0.4) is 0 Å². The van der Waals surface area contributed by atoms with Crippen LogP contribution in [0.15, 0.2) is 18.2 Å². The van der Waals surface area contributed by atoms with Crippen LogP contribution in [0, 0.1) is 0 Å². The Morgan fingerprint density at radius 1 is 1.35 bits per heavy atom. The molecule has 1 aromatic carbocycles. The van der Waals surface area contributed by atoms with Gasteiger partial charge in [0.1, 0.15) is 0 Å². The van der Waals surface area contributed by atoms with E-state index >= 15 is 0 Å². The van der Waals surface area contributed by atoms with Crippen LogP contribution in [0.5, 0.6) is 11.5 Å². The molecule has 2 N–H and O–H groups in total. The number of hydrogen-bond donors (Lipinski definition) is 1. The van der Waals surface area contributed by atoms with Gasteiger partial charge >= 0.3 is 0 Å². The van der Waals surface area contributed by atoms with E-state index in [1.54, 1.807) is 0 Å². The van der Waals surface area contributed by atoms with Crippen LogP contribution in [0.25, 0.3) is 0 Å². The fourth-order valence-electron chi connectivity index (χ4n) is 2.81. The molecule has 1 aromatic rings. The molecule has 0 aromatic heterocycles. The maximum Gasteiger partial charge on any atom is 0.231 e. The lowest BCUT2D eigenvalue weighted by Gasteiger charge is -2.36. The first-order valence-corrected chi connectivity index (χ1v) is 7.25. The second-order valence-electron chi connectivity index (χ2n) is 5.35. The summed E-state index contributed by atoms with van der Waals surface area (Å²) in [6.45, 7) is 5.90. The van der Waals surface area contributed by atoms with Crippen molar-refractivity contribution in [3.63, 3.8) is 0 Å². The number of ether oxygens (including phenoxy) is 3. The van der Waals surface area contributed by atoms with Crippen LogP contribution in [-0.2, 0) is 4.74 Å². The summed E-state index contributed by atoms with van der Waals surface area (Å²) >= 11 is 0. The third kappa shape index (κ3) is 2.75. The van der Waals surface area contributed by atoms with Gasteiger partial charge in [-0.2, -0.15) is 0 Å². The molecule has 0 spiro atoms. The monoisotopic (exact) mass is 278 g/mol. The van der Waals surface area contributed by atoms with Gasteiger partial charge in [-0.15, -0.1) is 0 Å². The lowest BCUT2D eigenvalue weighted by Crippen LogP contribution is -2.47. The first-order valence-electron chi connectivity index (χ1n) is 7.25. The van der Waals surface area contributed by atoms with E-state index in [0.717, 1.165) is 49.8 Å². The van der Waals surface area contributed by atoms with Crippen molar-refractivity contribution in [3.8, 4) is 11.5 Å². The van der Waals surface area contributed by atoms with Gasteiger partial charge in [0.25, 0.3) is 0 Å². The zero-order valence-electron chi connectivity index (χ0n) is 11.9. The Labute approximate surface area is 119 Å². The summed E-state index contributed by atoms with van der Waals surface area (Å²) < 4.78 is 16.3. The highest BCUT2D eigenvalue weighted by Crippen LogP contribution is 2.34. The van der Waals surface area contributed by atoms with Crippen molar-refractivity contribution in [2.75, 3.05) is 33.1 Å². The Balaban J connectivity index is 1.67. The van der Waals surface area contributed by atoms with Gasteiger partial charge in [0, 0.05) is 25.2 Å². The zero-order chi connectivity index (χ0) is 13.9. The SMILES string of the molecule is CCC1COCCN1CC(N)c1ccc2c(c1)OCO2. The van der Waals surface area contributed by atoms with E-state index in [9.17, 15) is 0 Å². The fraction of sp³-hybridized carbons (Fsp3) is 0.600. The minimum absolute atomic E-state index is 0.0170. The Morgan fingerprint density at radius 3 is 3.05 bits per heavy atom. The summed E-state index contributed by atoms with van der Waals surface area (Å²) in [6, 6.07) is 6.42. The van der Waals surface area contributed by atoms with Crippen LogP contribution in [0.1, 0.15) is 24.9 Å². The second-order valence-corrected chi connectivity index (χ2v) is 5.35. The van der Waals surface area contributed by atoms with Crippen molar-refractivity contribution < 1.29 is 14.2 Å². The van der Waals surface area contributed by atoms with E-state index < -0.39 is 0 Å². The van der Waals surface area contributed by atoms with Gasteiger partial charge in [-0.05, 0) is 24.1 Å². The average molecular weight is 278 g/mol. The van der Waals surface area contributed by atoms with Crippen LogP contribution < -0.4 is 15.2 Å². The topological polar surface area (TPSA) is 57.0 Å².